The highest BCUT2D eigenvalue weighted by atomic mass is 16.6. The molecule has 0 amide bonds. The minimum absolute atomic E-state index is 0.126. The number of nitro benzene ring substituents is 1. The van der Waals surface area contributed by atoms with Gasteiger partial charge in [0.1, 0.15) is 5.69 Å². The summed E-state index contributed by atoms with van der Waals surface area (Å²) in [6.07, 6.45) is 1.35. The monoisotopic (exact) mass is 279 g/mol. The van der Waals surface area contributed by atoms with E-state index in [0.29, 0.717) is 18.8 Å². The summed E-state index contributed by atoms with van der Waals surface area (Å²) in [4.78, 5) is 13.0. The van der Waals surface area contributed by atoms with Gasteiger partial charge in [0.2, 0.25) is 0 Å². The van der Waals surface area contributed by atoms with Crippen molar-refractivity contribution in [1.82, 2.24) is 4.90 Å². The van der Waals surface area contributed by atoms with Crippen LogP contribution in [0.15, 0.2) is 18.2 Å². The van der Waals surface area contributed by atoms with Gasteiger partial charge >= 0.3 is 0 Å². The summed E-state index contributed by atoms with van der Waals surface area (Å²) in [6, 6.07) is 5.34. The molecule has 0 unspecified atom stereocenters. The average Bonchev–Trinajstić information content (AvgIpc) is 2.43. The van der Waals surface area contributed by atoms with Crippen LogP contribution in [-0.4, -0.2) is 40.7 Å². The molecule has 0 atom stereocenters. The minimum atomic E-state index is -0.346. The van der Waals surface area contributed by atoms with Crippen LogP contribution in [0.2, 0.25) is 0 Å². The van der Waals surface area contributed by atoms with E-state index in [1.165, 1.54) is 0 Å². The van der Waals surface area contributed by atoms with E-state index in [2.05, 4.69) is 10.2 Å². The van der Waals surface area contributed by atoms with Crippen molar-refractivity contribution in [3.8, 4) is 0 Å². The summed E-state index contributed by atoms with van der Waals surface area (Å²) in [7, 11) is 0. The number of likely N-dealkylation sites (tertiary alicyclic amines) is 1. The van der Waals surface area contributed by atoms with E-state index in [9.17, 15) is 15.2 Å². The van der Waals surface area contributed by atoms with Crippen LogP contribution in [0.4, 0.5) is 11.4 Å². The van der Waals surface area contributed by atoms with Gasteiger partial charge < -0.3 is 10.4 Å². The number of aliphatic hydroxyl groups is 1. The second-order valence-corrected chi connectivity index (χ2v) is 5.15. The Hall–Kier alpha value is -1.66. The highest BCUT2D eigenvalue weighted by Crippen LogP contribution is 2.26. The number of aliphatic hydroxyl groups excluding tert-OH is 1. The number of nitrogens with zero attached hydrogens (tertiary/aromatic N) is 2. The predicted molar refractivity (Wildman–Crippen MR) is 77.8 cm³/mol. The fourth-order valence-corrected chi connectivity index (χ4v) is 2.50. The van der Waals surface area contributed by atoms with Crippen molar-refractivity contribution in [2.24, 2.45) is 0 Å². The Bertz CT molecular complexity index is 471. The van der Waals surface area contributed by atoms with Crippen LogP contribution < -0.4 is 5.32 Å². The van der Waals surface area contributed by atoms with E-state index in [1.807, 2.05) is 13.0 Å². The largest absolute Gasteiger partial charge is 0.393 e. The smallest absolute Gasteiger partial charge is 0.292 e. The van der Waals surface area contributed by atoms with Crippen molar-refractivity contribution in [3.05, 3.63) is 33.9 Å². The molecule has 110 valence electrons. The van der Waals surface area contributed by atoms with Gasteiger partial charge in [-0.05, 0) is 31.4 Å². The van der Waals surface area contributed by atoms with Gasteiger partial charge in [-0.1, -0.05) is 6.07 Å². The topological polar surface area (TPSA) is 78.6 Å². The first kappa shape index (κ1) is 14.7. The Morgan fingerprint density at radius 3 is 2.75 bits per heavy atom. The first-order valence-electron chi connectivity index (χ1n) is 7.01. The average molecular weight is 279 g/mol. The van der Waals surface area contributed by atoms with Crippen molar-refractivity contribution >= 4 is 11.4 Å². The lowest BCUT2D eigenvalue weighted by molar-refractivity contribution is -0.384. The van der Waals surface area contributed by atoms with Crippen LogP contribution in [0.3, 0.4) is 0 Å². The first-order chi connectivity index (χ1) is 9.60. The van der Waals surface area contributed by atoms with E-state index in [-0.39, 0.29) is 16.7 Å². The zero-order chi connectivity index (χ0) is 14.5. The molecule has 0 radical (unpaired) electrons. The van der Waals surface area contributed by atoms with Crippen LogP contribution >= 0.6 is 0 Å². The number of hydrogen-bond acceptors (Lipinski definition) is 5. The molecular formula is C14H21N3O3. The van der Waals surface area contributed by atoms with Crippen molar-refractivity contribution in [1.29, 1.82) is 0 Å². The zero-order valence-electron chi connectivity index (χ0n) is 11.7. The van der Waals surface area contributed by atoms with Crippen LogP contribution in [-0.2, 0) is 6.54 Å². The Labute approximate surface area is 118 Å². The molecule has 0 aromatic heterocycles. The molecule has 2 rings (SSSR count). The van der Waals surface area contributed by atoms with Gasteiger partial charge in [0, 0.05) is 32.2 Å². The number of nitro groups is 1. The van der Waals surface area contributed by atoms with Crippen LogP contribution in [0.1, 0.15) is 25.3 Å². The van der Waals surface area contributed by atoms with Crippen molar-refractivity contribution in [2.75, 3.05) is 25.0 Å². The molecule has 0 aliphatic carbocycles. The Morgan fingerprint density at radius 2 is 2.15 bits per heavy atom. The first-order valence-corrected chi connectivity index (χ1v) is 7.01. The Morgan fingerprint density at radius 1 is 1.45 bits per heavy atom. The number of anilines is 1. The van der Waals surface area contributed by atoms with E-state index >= 15 is 0 Å². The molecule has 0 spiro atoms. The third-order valence-electron chi connectivity index (χ3n) is 3.59. The highest BCUT2D eigenvalue weighted by molar-refractivity contribution is 5.62. The van der Waals surface area contributed by atoms with Gasteiger partial charge in [-0.2, -0.15) is 0 Å². The minimum Gasteiger partial charge on any atom is -0.393 e. The molecule has 0 bridgehead atoms. The van der Waals surface area contributed by atoms with Gasteiger partial charge in [-0.3, -0.25) is 15.0 Å². The predicted octanol–water partition coefficient (Wildman–Crippen LogP) is 1.98. The van der Waals surface area contributed by atoms with Crippen molar-refractivity contribution in [2.45, 2.75) is 32.4 Å². The van der Waals surface area contributed by atoms with Crippen LogP contribution in [0, 0.1) is 10.1 Å². The standard InChI is InChI=1S/C14H21N3O3/c1-2-15-13-4-3-11(9-14(13)17(19)20)10-16-7-5-12(18)6-8-16/h3-4,9,12,15,18H,2,5-8,10H2,1H3. The second kappa shape index (κ2) is 6.67. The lowest BCUT2D eigenvalue weighted by Gasteiger charge is -2.29. The lowest BCUT2D eigenvalue weighted by Crippen LogP contribution is -2.35. The molecule has 6 nitrogen and oxygen atoms in total. The number of piperidine rings is 1. The van der Waals surface area contributed by atoms with Crippen molar-refractivity contribution in [3.63, 3.8) is 0 Å². The SMILES string of the molecule is CCNc1ccc(CN2CCC(O)CC2)cc1[N+](=O)[O-]. The molecule has 1 fully saturated rings. The third kappa shape index (κ3) is 3.68. The molecule has 1 aromatic rings. The van der Waals surface area contributed by atoms with Gasteiger partial charge in [-0.15, -0.1) is 0 Å². The maximum Gasteiger partial charge on any atom is 0.292 e. The summed E-state index contributed by atoms with van der Waals surface area (Å²) < 4.78 is 0. The maximum absolute atomic E-state index is 11.1. The molecule has 1 aliphatic rings. The van der Waals surface area contributed by atoms with Gasteiger partial charge in [0.15, 0.2) is 0 Å². The Kier molecular flexibility index (Phi) is 4.92. The fourth-order valence-electron chi connectivity index (χ4n) is 2.50. The van der Waals surface area contributed by atoms with Crippen molar-refractivity contribution < 1.29 is 10.0 Å². The normalized spacial score (nSPS) is 17.1. The Balaban J connectivity index is 2.08. The summed E-state index contributed by atoms with van der Waals surface area (Å²) >= 11 is 0. The van der Waals surface area contributed by atoms with E-state index < -0.39 is 0 Å². The zero-order valence-corrected chi connectivity index (χ0v) is 11.7. The molecule has 1 aromatic carbocycles. The molecule has 1 saturated heterocycles. The number of rotatable bonds is 5. The molecular weight excluding hydrogens is 258 g/mol. The lowest BCUT2D eigenvalue weighted by atomic mass is 10.1. The van der Waals surface area contributed by atoms with E-state index in [0.717, 1.165) is 31.5 Å². The van der Waals surface area contributed by atoms with Gasteiger partial charge in [0.25, 0.3) is 5.69 Å². The molecule has 1 heterocycles. The quantitative estimate of drug-likeness (QED) is 0.636. The summed E-state index contributed by atoms with van der Waals surface area (Å²) in [5.74, 6) is 0. The van der Waals surface area contributed by atoms with E-state index in [4.69, 9.17) is 0 Å². The van der Waals surface area contributed by atoms with Gasteiger partial charge in [0.05, 0.1) is 11.0 Å². The van der Waals surface area contributed by atoms with Crippen LogP contribution in [0.5, 0.6) is 0 Å². The number of nitrogens with one attached hydrogen (secondary N) is 1. The summed E-state index contributed by atoms with van der Waals surface area (Å²) in [5.41, 5.74) is 1.63. The highest BCUT2D eigenvalue weighted by Gasteiger charge is 2.19. The summed E-state index contributed by atoms with van der Waals surface area (Å²) in [5, 5.41) is 23.6. The van der Waals surface area contributed by atoms with E-state index in [1.54, 1.807) is 12.1 Å². The molecule has 20 heavy (non-hydrogen) atoms. The fraction of sp³-hybridized carbons (Fsp3) is 0.571. The third-order valence-corrected chi connectivity index (χ3v) is 3.59. The second-order valence-electron chi connectivity index (χ2n) is 5.15. The van der Waals surface area contributed by atoms with Gasteiger partial charge in [-0.25, -0.2) is 0 Å². The number of benzene rings is 1. The maximum atomic E-state index is 11.1. The molecule has 0 saturated carbocycles. The molecule has 1 aliphatic heterocycles. The molecule has 2 N–H and O–H groups in total. The number of hydrogen-bond donors (Lipinski definition) is 2. The molecule has 6 heteroatoms. The van der Waals surface area contributed by atoms with Crippen LogP contribution in [0.25, 0.3) is 0 Å². The summed E-state index contributed by atoms with van der Waals surface area (Å²) in [6.45, 7) is 4.94.